The lowest BCUT2D eigenvalue weighted by Crippen LogP contribution is -2.42. The van der Waals surface area contributed by atoms with Gasteiger partial charge in [-0.1, -0.05) is 19.1 Å². The highest BCUT2D eigenvalue weighted by Gasteiger charge is 2.14. The maximum absolute atomic E-state index is 13.2. The summed E-state index contributed by atoms with van der Waals surface area (Å²) in [6.45, 7) is 2.96. The molecule has 5 heteroatoms. The summed E-state index contributed by atoms with van der Waals surface area (Å²) in [5.74, 6) is -0.633. The molecule has 0 aliphatic rings. The van der Waals surface area contributed by atoms with E-state index in [1.165, 1.54) is 6.07 Å². The first-order chi connectivity index (χ1) is 8.65. The smallest absolute Gasteiger partial charge is 0.234 e. The Bertz CT molecular complexity index is 385. The first-order valence-corrected chi connectivity index (χ1v) is 6.05. The van der Waals surface area contributed by atoms with Crippen molar-refractivity contribution in [3.8, 4) is 5.75 Å². The predicted octanol–water partition coefficient (Wildman–Crippen LogP) is 1.45. The van der Waals surface area contributed by atoms with Gasteiger partial charge in [0.2, 0.25) is 5.91 Å². The monoisotopic (exact) mass is 254 g/mol. The van der Waals surface area contributed by atoms with Crippen LogP contribution in [0.25, 0.3) is 0 Å². The Morgan fingerprint density at radius 2 is 2.22 bits per heavy atom. The van der Waals surface area contributed by atoms with Gasteiger partial charge in [0, 0.05) is 6.42 Å². The van der Waals surface area contributed by atoms with Gasteiger partial charge in [0.25, 0.3) is 0 Å². The number of halogens is 1. The van der Waals surface area contributed by atoms with E-state index >= 15 is 0 Å². The third-order valence-electron chi connectivity index (χ3n) is 2.48. The zero-order valence-electron chi connectivity index (χ0n) is 10.5. The quantitative estimate of drug-likeness (QED) is 0.738. The van der Waals surface area contributed by atoms with E-state index in [1.54, 1.807) is 18.2 Å². The summed E-state index contributed by atoms with van der Waals surface area (Å²) < 4.78 is 18.5. The second-order valence-corrected chi connectivity index (χ2v) is 3.98. The maximum atomic E-state index is 13.2. The summed E-state index contributed by atoms with van der Waals surface area (Å²) in [5, 5.41) is 3.02. The Morgan fingerprint density at radius 3 is 2.83 bits per heavy atom. The summed E-state index contributed by atoms with van der Waals surface area (Å²) in [6.07, 6.45) is 1.33. The molecule has 1 unspecified atom stereocenters. The number of nitrogens with two attached hydrogens (primary N) is 1. The van der Waals surface area contributed by atoms with E-state index in [-0.39, 0.29) is 12.4 Å². The molecule has 0 fully saturated rings. The highest BCUT2D eigenvalue weighted by atomic mass is 19.1. The number of hydrogen-bond donors (Lipinski definition) is 2. The lowest BCUT2D eigenvalue weighted by atomic mass is 10.2. The van der Waals surface area contributed by atoms with Crippen molar-refractivity contribution in [1.82, 2.24) is 5.32 Å². The normalized spacial score (nSPS) is 12.1. The zero-order chi connectivity index (χ0) is 13.4. The van der Waals surface area contributed by atoms with Crippen LogP contribution in [-0.4, -0.2) is 25.1 Å². The molecule has 1 aromatic rings. The van der Waals surface area contributed by atoms with Gasteiger partial charge in [0.15, 0.2) is 11.6 Å². The van der Waals surface area contributed by atoms with Gasteiger partial charge in [-0.25, -0.2) is 4.39 Å². The second kappa shape index (κ2) is 7.66. The number of rotatable bonds is 8. The predicted molar refractivity (Wildman–Crippen MR) is 67.8 cm³/mol. The van der Waals surface area contributed by atoms with Crippen LogP contribution in [0.4, 0.5) is 4.39 Å². The summed E-state index contributed by atoms with van der Waals surface area (Å²) in [6, 6.07) is 5.73. The van der Waals surface area contributed by atoms with Crippen LogP contribution >= 0.6 is 0 Å². The summed E-state index contributed by atoms with van der Waals surface area (Å²) >= 11 is 0. The number of benzene rings is 1. The van der Waals surface area contributed by atoms with E-state index in [1.807, 2.05) is 6.92 Å². The van der Waals surface area contributed by atoms with E-state index in [4.69, 9.17) is 10.5 Å². The van der Waals surface area contributed by atoms with Gasteiger partial charge in [-0.3, -0.25) is 4.79 Å². The van der Waals surface area contributed by atoms with Crippen LogP contribution in [0.1, 0.15) is 19.8 Å². The standard InChI is InChI=1S/C13H19FN2O2/c1-2-8-16-11(13(15)17)7-9-18-12-6-4-3-5-10(12)14/h3-6,11,16H,2,7-9H2,1H3,(H2,15,17). The fourth-order valence-corrected chi connectivity index (χ4v) is 1.51. The van der Waals surface area contributed by atoms with Gasteiger partial charge in [0.1, 0.15) is 0 Å². The molecule has 0 aliphatic carbocycles. The van der Waals surface area contributed by atoms with Gasteiger partial charge < -0.3 is 15.8 Å². The molecule has 0 saturated carbocycles. The molecule has 1 atom stereocenters. The SMILES string of the molecule is CCCNC(CCOc1ccccc1F)C(N)=O. The number of carbonyl (C=O) groups excluding carboxylic acids is 1. The Balaban J connectivity index is 2.39. The molecule has 0 aliphatic heterocycles. The Morgan fingerprint density at radius 1 is 1.50 bits per heavy atom. The first-order valence-electron chi connectivity index (χ1n) is 6.05. The number of carbonyl (C=O) groups is 1. The fraction of sp³-hybridized carbons (Fsp3) is 0.462. The van der Waals surface area contributed by atoms with E-state index < -0.39 is 17.8 Å². The van der Waals surface area contributed by atoms with Crippen molar-refractivity contribution >= 4 is 5.91 Å². The second-order valence-electron chi connectivity index (χ2n) is 3.98. The van der Waals surface area contributed by atoms with Crippen LogP contribution in [0, 0.1) is 5.82 Å². The summed E-state index contributed by atoms with van der Waals surface area (Å²) in [4.78, 5) is 11.1. The number of nitrogens with one attached hydrogen (secondary N) is 1. The van der Waals surface area contributed by atoms with Crippen molar-refractivity contribution in [2.24, 2.45) is 5.73 Å². The molecular formula is C13H19FN2O2. The van der Waals surface area contributed by atoms with Gasteiger partial charge in [-0.2, -0.15) is 0 Å². The maximum Gasteiger partial charge on any atom is 0.234 e. The van der Waals surface area contributed by atoms with Gasteiger partial charge in [0.05, 0.1) is 12.6 Å². The van der Waals surface area contributed by atoms with E-state index in [0.717, 1.165) is 6.42 Å². The number of primary amides is 1. The topological polar surface area (TPSA) is 64.3 Å². The molecule has 1 amide bonds. The number of amides is 1. The third-order valence-corrected chi connectivity index (χ3v) is 2.48. The molecule has 0 bridgehead atoms. The highest BCUT2D eigenvalue weighted by molar-refractivity contribution is 5.79. The van der Waals surface area contributed by atoms with Crippen molar-refractivity contribution in [1.29, 1.82) is 0 Å². The molecule has 100 valence electrons. The Kier molecular flexibility index (Phi) is 6.14. The van der Waals surface area contributed by atoms with Crippen LogP contribution in [0.5, 0.6) is 5.75 Å². The minimum absolute atomic E-state index is 0.191. The van der Waals surface area contributed by atoms with Crippen LogP contribution in [0.15, 0.2) is 24.3 Å². The largest absolute Gasteiger partial charge is 0.490 e. The van der Waals surface area contributed by atoms with E-state index in [0.29, 0.717) is 13.0 Å². The molecule has 1 rings (SSSR count). The highest BCUT2D eigenvalue weighted by Crippen LogP contribution is 2.15. The van der Waals surface area contributed by atoms with Gasteiger partial charge in [-0.05, 0) is 25.1 Å². The van der Waals surface area contributed by atoms with Gasteiger partial charge in [-0.15, -0.1) is 0 Å². The zero-order valence-corrected chi connectivity index (χ0v) is 10.5. The molecular weight excluding hydrogens is 235 g/mol. The molecule has 0 heterocycles. The molecule has 0 saturated heterocycles. The molecule has 3 N–H and O–H groups in total. The van der Waals surface area contributed by atoms with Crippen LogP contribution in [0.2, 0.25) is 0 Å². The van der Waals surface area contributed by atoms with Crippen LogP contribution < -0.4 is 15.8 Å². The molecule has 18 heavy (non-hydrogen) atoms. The fourth-order valence-electron chi connectivity index (χ4n) is 1.51. The third kappa shape index (κ3) is 4.71. The minimum atomic E-state index is -0.434. The first kappa shape index (κ1) is 14.4. The average Bonchev–Trinajstić information content (AvgIpc) is 2.35. The molecule has 0 radical (unpaired) electrons. The average molecular weight is 254 g/mol. The van der Waals surface area contributed by atoms with Crippen molar-refractivity contribution in [2.75, 3.05) is 13.2 Å². The lowest BCUT2D eigenvalue weighted by Gasteiger charge is -2.15. The minimum Gasteiger partial charge on any atom is -0.490 e. The van der Waals surface area contributed by atoms with Crippen molar-refractivity contribution in [2.45, 2.75) is 25.8 Å². The van der Waals surface area contributed by atoms with Crippen LogP contribution in [-0.2, 0) is 4.79 Å². The molecule has 0 aromatic heterocycles. The van der Waals surface area contributed by atoms with E-state index in [9.17, 15) is 9.18 Å². The Labute approximate surface area is 106 Å². The number of hydrogen-bond acceptors (Lipinski definition) is 3. The Hall–Kier alpha value is -1.62. The number of ether oxygens (including phenoxy) is 1. The van der Waals surface area contributed by atoms with Crippen molar-refractivity contribution < 1.29 is 13.9 Å². The van der Waals surface area contributed by atoms with Crippen molar-refractivity contribution in [3.63, 3.8) is 0 Å². The lowest BCUT2D eigenvalue weighted by molar-refractivity contribution is -0.120. The number of para-hydroxylation sites is 1. The molecule has 0 spiro atoms. The molecule has 1 aromatic carbocycles. The summed E-state index contributed by atoms with van der Waals surface area (Å²) in [7, 11) is 0. The van der Waals surface area contributed by atoms with Crippen molar-refractivity contribution in [3.05, 3.63) is 30.1 Å². The summed E-state index contributed by atoms with van der Waals surface area (Å²) in [5.41, 5.74) is 5.26. The van der Waals surface area contributed by atoms with Crippen LogP contribution in [0.3, 0.4) is 0 Å². The molecule has 4 nitrogen and oxygen atoms in total. The van der Waals surface area contributed by atoms with Gasteiger partial charge >= 0.3 is 0 Å². The van der Waals surface area contributed by atoms with E-state index in [2.05, 4.69) is 5.32 Å².